The van der Waals surface area contributed by atoms with Gasteiger partial charge in [0.15, 0.2) is 0 Å². The van der Waals surface area contributed by atoms with Crippen LogP contribution in [0.3, 0.4) is 0 Å². The number of alkyl carbamates (subject to hydrolysis) is 1. The van der Waals surface area contributed by atoms with Crippen LogP contribution in [-0.4, -0.2) is 64.5 Å². The molecule has 42 heavy (non-hydrogen) atoms. The maximum atomic E-state index is 12.7. The lowest BCUT2D eigenvalue weighted by Gasteiger charge is -2.17. The quantitative estimate of drug-likeness (QED) is 0.266. The van der Waals surface area contributed by atoms with Crippen LogP contribution in [0.2, 0.25) is 0 Å². The molecule has 0 fully saturated rings. The number of aryl methyl sites for hydroxylation is 1. The molecule has 2 amide bonds. The Kier molecular flexibility index (Phi) is 8.66. The number of carboxylic acids is 1. The summed E-state index contributed by atoms with van der Waals surface area (Å²) in [4.78, 5) is 38.0. The molecule has 0 unspecified atom stereocenters. The number of hydrogen-bond acceptors (Lipinski definition) is 5. The number of ether oxygens (including phenoxy) is 1. The topological polar surface area (TPSA) is 114 Å². The summed E-state index contributed by atoms with van der Waals surface area (Å²) in [6.07, 6.45) is 4.20. The molecule has 0 aliphatic heterocycles. The number of nitrogens with one attached hydrogen (secondary N) is 1. The number of amides is 2. The average Bonchev–Trinajstić information content (AvgIpc) is 3.59. The van der Waals surface area contributed by atoms with Crippen molar-refractivity contribution in [2.45, 2.75) is 37.8 Å². The third kappa shape index (κ3) is 6.52. The minimum atomic E-state index is -1.14. The second kappa shape index (κ2) is 12.7. The van der Waals surface area contributed by atoms with E-state index < -0.39 is 18.1 Å². The molecule has 1 aliphatic carbocycles. The zero-order valence-corrected chi connectivity index (χ0v) is 23.7. The number of aromatic nitrogens is 2. The average molecular weight is 567 g/mol. The highest BCUT2D eigenvalue weighted by molar-refractivity contribution is 5.81. The minimum absolute atomic E-state index is 0.0887. The van der Waals surface area contributed by atoms with Crippen molar-refractivity contribution in [2.75, 3.05) is 20.7 Å². The molecule has 1 aromatic heterocycles. The van der Waals surface area contributed by atoms with Gasteiger partial charge in [0.25, 0.3) is 0 Å². The first-order valence-electron chi connectivity index (χ1n) is 14.0. The monoisotopic (exact) mass is 566 g/mol. The Morgan fingerprint density at radius 3 is 2.21 bits per heavy atom. The molecule has 3 aromatic carbocycles. The van der Waals surface area contributed by atoms with Crippen LogP contribution in [-0.2, 0) is 27.3 Å². The van der Waals surface area contributed by atoms with Gasteiger partial charge >= 0.3 is 12.1 Å². The van der Waals surface area contributed by atoms with E-state index in [2.05, 4.69) is 22.5 Å². The molecule has 0 saturated heterocycles. The van der Waals surface area contributed by atoms with Gasteiger partial charge in [0.1, 0.15) is 12.6 Å². The molecule has 1 heterocycles. The Bertz CT molecular complexity index is 1530. The molecule has 2 N–H and O–H groups in total. The molecule has 9 heteroatoms. The lowest BCUT2D eigenvalue weighted by molar-refractivity contribution is -0.139. The van der Waals surface area contributed by atoms with Gasteiger partial charge in [0.05, 0.1) is 6.20 Å². The van der Waals surface area contributed by atoms with Crippen molar-refractivity contribution in [3.05, 3.63) is 102 Å². The fourth-order valence-electron chi connectivity index (χ4n) is 5.30. The zero-order chi connectivity index (χ0) is 29.6. The minimum Gasteiger partial charge on any atom is -0.480 e. The maximum absolute atomic E-state index is 12.7. The summed E-state index contributed by atoms with van der Waals surface area (Å²) < 4.78 is 7.36. The van der Waals surface area contributed by atoms with Crippen LogP contribution in [0.4, 0.5) is 4.79 Å². The highest BCUT2D eigenvalue weighted by Gasteiger charge is 2.29. The van der Waals surface area contributed by atoms with E-state index >= 15 is 0 Å². The normalized spacial score (nSPS) is 12.7. The number of aliphatic carboxylic acids is 1. The maximum Gasteiger partial charge on any atom is 0.407 e. The second-order valence-electron chi connectivity index (χ2n) is 10.6. The van der Waals surface area contributed by atoms with E-state index in [4.69, 9.17) is 4.74 Å². The van der Waals surface area contributed by atoms with Crippen molar-refractivity contribution in [1.29, 1.82) is 0 Å². The molecule has 216 valence electrons. The molecule has 9 nitrogen and oxygen atoms in total. The molecule has 0 spiro atoms. The molecule has 0 saturated carbocycles. The van der Waals surface area contributed by atoms with Crippen LogP contribution < -0.4 is 5.32 Å². The van der Waals surface area contributed by atoms with Crippen LogP contribution in [0.25, 0.3) is 22.3 Å². The molecule has 0 radical (unpaired) electrons. The SMILES string of the molecule is CN(C)C(=O)CCCn1cc(-c2ccc(C[C@H](NC(=O)OCC3c4ccccc4-c4ccccc43)C(=O)O)cc2)cn1. The zero-order valence-electron chi connectivity index (χ0n) is 23.7. The molecule has 5 rings (SSSR count). The summed E-state index contributed by atoms with van der Waals surface area (Å²) >= 11 is 0. The van der Waals surface area contributed by atoms with Crippen LogP contribution in [0.5, 0.6) is 0 Å². The van der Waals surface area contributed by atoms with Crippen molar-refractivity contribution in [2.24, 2.45) is 0 Å². The van der Waals surface area contributed by atoms with E-state index in [0.717, 1.165) is 38.9 Å². The van der Waals surface area contributed by atoms with E-state index in [1.54, 1.807) is 25.2 Å². The van der Waals surface area contributed by atoms with Gasteiger partial charge < -0.3 is 20.1 Å². The molecular weight excluding hydrogens is 532 g/mol. The fourth-order valence-corrected chi connectivity index (χ4v) is 5.30. The summed E-state index contributed by atoms with van der Waals surface area (Å²) in [5.41, 5.74) is 7.05. The van der Waals surface area contributed by atoms with Gasteiger partial charge in [0.2, 0.25) is 5.91 Å². The third-order valence-electron chi connectivity index (χ3n) is 7.57. The van der Waals surface area contributed by atoms with Crippen molar-refractivity contribution < 1.29 is 24.2 Å². The predicted octanol–water partition coefficient (Wildman–Crippen LogP) is 4.95. The van der Waals surface area contributed by atoms with Gasteiger partial charge in [-0.1, -0.05) is 72.8 Å². The standard InChI is InChI=1S/C33H34N4O5/c1-36(2)31(38)12-7-17-37-20-24(19-34-37)23-15-13-22(14-16-23)18-30(32(39)40)35-33(41)42-21-29-27-10-5-3-8-25(27)26-9-4-6-11-28(26)29/h3-6,8-11,13-16,19-20,29-30H,7,12,17-18,21H2,1-2H3,(H,35,41)(H,39,40)/t30-/m0/s1. The lowest BCUT2D eigenvalue weighted by atomic mass is 9.98. The highest BCUT2D eigenvalue weighted by Crippen LogP contribution is 2.44. The van der Waals surface area contributed by atoms with Crippen molar-refractivity contribution >= 4 is 18.0 Å². The van der Waals surface area contributed by atoms with Crippen molar-refractivity contribution in [3.63, 3.8) is 0 Å². The van der Waals surface area contributed by atoms with Gasteiger partial charge in [-0.3, -0.25) is 9.48 Å². The smallest absolute Gasteiger partial charge is 0.407 e. The van der Waals surface area contributed by atoms with Crippen LogP contribution in [0.15, 0.2) is 85.2 Å². The summed E-state index contributed by atoms with van der Waals surface area (Å²) in [5, 5.41) is 16.7. The Balaban J connectivity index is 1.15. The van der Waals surface area contributed by atoms with Crippen molar-refractivity contribution in [3.8, 4) is 22.3 Å². The van der Waals surface area contributed by atoms with E-state index in [1.165, 1.54) is 0 Å². The molecule has 0 bridgehead atoms. The van der Waals surface area contributed by atoms with Crippen LogP contribution in [0.1, 0.15) is 35.4 Å². The summed E-state index contributed by atoms with van der Waals surface area (Å²) in [6, 6.07) is 22.4. The van der Waals surface area contributed by atoms with Crippen LogP contribution in [0, 0.1) is 0 Å². The number of carbonyl (C=O) groups excluding carboxylic acids is 2. The predicted molar refractivity (Wildman–Crippen MR) is 159 cm³/mol. The molecule has 4 aromatic rings. The van der Waals surface area contributed by atoms with Gasteiger partial charge in [-0.05, 0) is 39.8 Å². The lowest BCUT2D eigenvalue weighted by Crippen LogP contribution is -2.42. The number of carbonyl (C=O) groups is 3. The molecule has 1 atom stereocenters. The number of rotatable bonds is 11. The Morgan fingerprint density at radius 1 is 0.952 bits per heavy atom. The first kappa shape index (κ1) is 28.6. The van der Waals surface area contributed by atoms with Gasteiger partial charge in [-0.15, -0.1) is 0 Å². The van der Waals surface area contributed by atoms with Gasteiger partial charge in [0, 0.05) is 51.2 Å². The molecular formula is C33H34N4O5. The summed E-state index contributed by atoms with van der Waals surface area (Å²) in [5.74, 6) is -1.16. The Morgan fingerprint density at radius 2 is 1.60 bits per heavy atom. The first-order chi connectivity index (χ1) is 20.3. The van der Waals surface area contributed by atoms with E-state index in [9.17, 15) is 19.5 Å². The van der Waals surface area contributed by atoms with E-state index in [0.29, 0.717) is 19.4 Å². The van der Waals surface area contributed by atoms with Crippen LogP contribution >= 0.6 is 0 Å². The number of carboxylic acid groups (broad SMARTS) is 1. The highest BCUT2D eigenvalue weighted by atomic mass is 16.5. The number of hydrogen-bond donors (Lipinski definition) is 2. The summed E-state index contributed by atoms with van der Waals surface area (Å²) in [7, 11) is 3.49. The van der Waals surface area contributed by atoms with Gasteiger partial charge in [-0.2, -0.15) is 5.10 Å². The number of fused-ring (bicyclic) bond motifs is 3. The molecule has 1 aliphatic rings. The Labute approximate surface area is 244 Å². The van der Waals surface area contributed by atoms with Crippen molar-refractivity contribution in [1.82, 2.24) is 20.0 Å². The second-order valence-corrected chi connectivity index (χ2v) is 10.6. The largest absolute Gasteiger partial charge is 0.480 e. The van der Waals surface area contributed by atoms with E-state index in [-0.39, 0.29) is 24.9 Å². The fraction of sp³-hybridized carbons (Fsp3) is 0.273. The van der Waals surface area contributed by atoms with Gasteiger partial charge in [-0.25, -0.2) is 9.59 Å². The third-order valence-corrected chi connectivity index (χ3v) is 7.57. The number of benzene rings is 3. The first-order valence-corrected chi connectivity index (χ1v) is 14.0. The van der Waals surface area contributed by atoms with E-state index in [1.807, 2.05) is 71.5 Å². The number of nitrogens with zero attached hydrogens (tertiary/aromatic N) is 3. The Hall–Kier alpha value is -4.92. The summed E-state index contributed by atoms with van der Waals surface area (Å²) in [6.45, 7) is 0.750.